The number of aromatic hydroxyl groups is 1. The lowest BCUT2D eigenvalue weighted by molar-refractivity contribution is -0.139. The maximum Gasteiger partial charge on any atom is 0.328 e. The van der Waals surface area contributed by atoms with Crippen molar-refractivity contribution in [1.29, 1.82) is 0 Å². The van der Waals surface area contributed by atoms with Gasteiger partial charge in [-0.25, -0.2) is 13.6 Å². The number of aliphatic carboxylic acids is 1. The van der Waals surface area contributed by atoms with Crippen LogP contribution in [0, 0.1) is 11.6 Å². The first kappa shape index (κ1) is 28.4. The number of benzene rings is 3. The first-order valence-corrected chi connectivity index (χ1v) is 11.5. The summed E-state index contributed by atoms with van der Waals surface area (Å²) < 4.78 is 26.7. The standard InChI is InChI=1S/C25H19Cl2F2N3O6/c26-18-7-14(23(35)30-10-12-2-1-3-17(33)4-12)8-19(27)21(18)24(36)32-20(25(37)38)11-31-22(34)13-5-15(28)9-16(29)6-13/h1-9,20,33H,10-11H2,(H,30,35)(H,31,34)(H,32,36)(H,37,38). The quantitative estimate of drug-likeness (QED) is 0.268. The fourth-order valence-electron chi connectivity index (χ4n) is 3.28. The van der Waals surface area contributed by atoms with Crippen LogP contribution in [0.15, 0.2) is 54.6 Å². The smallest absolute Gasteiger partial charge is 0.328 e. The first-order valence-electron chi connectivity index (χ1n) is 10.8. The molecule has 1 atom stereocenters. The van der Waals surface area contributed by atoms with Crippen LogP contribution >= 0.6 is 23.2 Å². The Morgan fingerprint density at radius 3 is 1.97 bits per heavy atom. The van der Waals surface area contributed by atoms with Crippen LogP contribution in [0.3, 0.4) is 0 Å². The van der Waals surface area contributed by atoms with Crippen molar-refractivity contribution in [3.05, 3.63) is 98.5 Å². The molecule has 13 heteroatoms. The summed E-state index contributed by atoms with van der Waals surface area (Å²) in [5.74, 6) is -6.06. The third-order valence-electron chi connectivity index (χ3n) is 5.09. The molecule has 3 aromatic carbocycles. The molecule has 9 nitrogen and oxygen atoms in total. The van der Waals surface area contributed by atoms with Gasteiger partial charge in [-0.15, -0.1) is 0 Å². The zero-order valence-electron chi connectivity index (χ0n) is 19.2. The zero-order chi connectivity index (χ0) is 28.0. The summed E-state index contributed by atoms with van der Waals surface area (Å²) in [6, 6.07) is 8.97. The predicted octanol–water partition coefficient (Wildman–Crippen LogP) is 3.52. The molecule has 5 N–H and O–H groups in total. The Bertz CT molecular complexity index is 1380. The number of carboxylic acids is 1. The van der Waals surface area contributed by atoms with E-state index in [-0.39, 0.29) is 39.0 Å². The monoisotopic (exact) mass is 565 g/mol. The summed E-state index contributed by atoms with van der Waals surface area (Å²) in [6.45, 7) is -0.554. The van der Waals surface area contributed by atoms with E-state index < -0.39 is 47.9 Å². The topological polar surface area (TPSA) is 145 Å². The van der Waals surface area contributed by atoms with Crippen molar-refractivity contribution >= 4 is 46.9 Å². The Balaban J connectivity index is 1.67. The lowest BCUT2D eigenvalue weighted by atomic mass is 10.1. The van der Waals surface area contributed by atoms with Crippen LogP contribution in [0.5, 0.6) is 5.75 Å². The molecular formula is C25H19Cl2F2N3O6. The molecule has 198 valence electrons. The second-order valence-corrected chi connectivity index (χ2v) is 8.71. The van der Waals surface area contributed by atoms with E-state index in [1.165, 1.54) is 12.1 Å². The van der Waals surface area contributed by atoms with Gasteiger partial charge in [-0.2, -0.15) is 0 Å². The highest BCUT2D eigenvalue weighted by Gasteiger charge is 2.25. The third-order valence-corrected chi connectivity index (χ3v) is 5.69. The van der Waals surface area contributed by atoms with Crippen LogP contribution in [0.25, 0.3) is 0 Å². The molecular weight excluding hydrogens is 547 g/mol. The van der Waals surface area contributed by atoms with Gasteiger partial charge in [0.05, 0.1) is 15.6 Å². The molecule has 1 unspecified atom stereocenters. The highest BCUT2D eigenvalue weighted by Crippen LogP contribution is 2.27. The minimum atomic E-state index is -1.66. The minimum Gasteiger partial charge on any atom is -0.508 e. The SMILES string of the molecule is O=C(NCc1cccc(O)c1)c1cc(Cl)c(C(=O)NC(CNC(=O)c2cc(F)cc(F)c2)C(=O)O)c(Cl)c1. The second kappa shape index (κ2) is 12.3. The molecule has 0 radical (unpaired) electrons. The van der Waals surface area contributed by atoms with Crippen LogP contribution in [-0.2, 0) is 11.3 Å². The number of halogens is 4. The van der Waals surface area contributed by atoms with Crippen molar-refractivity contribution in [3.8, 4) is 5.75 Å². The summed E-state index contributed by atoms with van der Waals surface area (Å²) in [6.07, 6.45) is 0. The molecule has 3 amide bonds. The number of hydrogen-bond acceptors (Lipinski definition) is 5. The van der Waals surface area contributed by atoms with Crippen LogP contribution in [0.4, 0.5) is 8.78 Å². The number of phenols is 1. The maximum absolute atomic E-state index is 13.3. The Kier molecular flexibility index (Phi) is 9.21. The molecule has 0 heterocycles. The van der Waals surface area contributed by atoms with Crippen LogP contribution in [-0.4, -0.2) is 46.5 Å². The van der Waals surface area contributed by atoms with Gasteiger partial charge in [0.2, 0.25) is 0 Å². The highest BCUT2D eigenvalue weighted by atomic mass is 35.5. The normalized spacial score (nSPS) is 11.4. The fourth-order valence-corrected chi connectivity index (χ4v) is 3.94. The second-order valence-electron chi connectivity index (χ2n) is 7.90. The molecule has 0 saturated carbocycles. The van der Waals surface area contributed by atoms with Crippen LogP contribution < -0.4 is 16.0 Å². The lowest BCUT2D eigenvalue weighted by Gasteiger charge is -2.17. The molecule has 0 spiro atoms. The van der Waals surface area contributed by atoms with Crippen LogP contribution in [0.2, 0.25) is 10.0 Å². The van der Waals surface area contributed by atoms with E-state index in [0.29, 0.717) is 11.6 Å². The number of carboxylic acid groups (broad SMARTS) is 1. The van der Waals surface area contributed by atoms with Crippen molar-refractivity contribution in [1.82, 2.24) is 16.0 Å². The number of nitrogens with one attached hydrogen (secondary N) is 3. The van der Waals surface area contributed by atoms with Gasteiger partial charge in [0.25, 0.3) is 17.7 Å². The number of amides is 3. The predicted molar refractivity (Wildman–Crippen MR) is 133 cm³/mol. The molecule has 0 bridgehead atoms. The van der Waals surface area contributed by atoms with E-state index in [0.717, 1.165) is 24.3 Å². The molecule has 0 aliphatic heterocycles. The first-order chi connectivity index (χ1) is 17.9. The molecule has 0 aromatic heterocycles. The molecule has 0 fully saturated rings. The average molecular weight is 566 g/mol. The summed E-state index contributed by atoms with van der Waals surface area (Å²) in [5.41, 5.74) is -0.0633. The number of phenolic OH excluding ortho intramolecular Hbond substituents is 1. The minimum absolute atomic E-state index is 0.0149. The van der Waals surface area contributed by atoms with Crippen molar-refractivity contribution in [2.24, 2.45) is 0 Å². The molecule has 38 heavy (non-hydrogen) atoms. The van der Waals surface area contributed by atoms with Gasteiger partial charge in [0.15, 0.2) is 0 Å². The Labute approximate surface area is 224 Å². The van der Waals surface area contributed by atoms with E-state index in [1.54, 1.807) is 12.1 Å². The van der Waals surface area contributed by atoms with E-state index in [4.69, 9.17) is 23.2 Å². The zero-order valence-corrected chi connectivity index (χ0v) is 20.7. The van der Waals surface area contributed by atoms with Gasteiger partial charge in [-0.05, 0) is 42.0 Å². The number of carbonyl (C=O) groups excluding carboxylic acids is 3. The van der Waals surface area contributed by atoms with Gasteiger partial charge in [-0.1, -0.05) is 35.3 Å². The highest BCUT2D eigenvalue weighted by molar-refractivity contribution is 6.40. The van der Waals surface area contributed by atoms with E-state index >= 15 is 0 Å². The van der Waals surface area contributed by atoms with Gasteiger partial charge in [0.1, 0.15) is 23.4 Å². The van der Waals surface area contributed by atoms with Gasteiger partial charge in [0, 0.05) is 30.3 Å². The van der Waals surface area contributed by atoms with Gasteiger partial charge < -0.3 is 26.2 Å². The average Bonchev–Trinajstić information content (AvgIpc) is 2.83. The summed E-state index contributed by atoms with van der Waals surface area (Å²) in [4.78, 5) is 49.0. The Morgan fingerprint density at radius 2 is 1.39 bits per heavy atom. The van der Waals surface area contributed by atoms with Crippen LogP contribution in [0.1, 0.15) is 36.6 Å². The fraction of sp³-hybridized carbons (Fsp3) is 0.120. The Hall–Kier alpha value is -4.22. The number of rotatable bonds is 9. The molecule has 3 aromatic rings. The molecule has 3 rings (SSSR count). The van der Waals surface area contributed by atoms with Crippen molar-refractivity contribution in [3.63, 3.8) is 0 Å². The van der Waals surface area contributed by atoms with Gasteiger partial charge in [-0.3, -0.25) is 14.4 Å². The van der Waals surface area contributed by atoms with Crippen molar-refractivity contribution < 1.29 is 38.2 Å². The number of carbonyl (C=O) groups is 4. The largest absolute Gasteiger partial charge is 0.508 e. The molecule has 0 aliphatic rings. The third kappa shape index (κ3) is 7.40. The lowest BCUT2D eigenvalue weighted by Crippen LogP contribution is -2.48. The van der Waals surface area contributed by atoms with Crippen molar-refractivity contribution in [2.75, 3.05) is 6.54 Å². The summed E-state index contributed by atoms with van der Waals surface area (Å²) in [7, 11) is 0. The van der Waals surface area contributed by atoms with E-state index in [2.05, 4.69) is 16.0 Å². The van der Waals surface area contributed by atoms with E-state index in [9.17, 15) is 38.2 Å². The maximum atomic E-state index is 13.3. The summed E-state index contributed by atoms with van der Waals surface area (Å²) in [5, 5.41) is 25.4. The van der Waals surface area contributed by atoms with Gasteiger partial charge >= 0.3 is 5.97 Å². The van der Waals surface area contributed by atoms with E-state index in [1.807, 2.05) is 0 Å². The summed E-state index contributed by atoms with van der Waals surface area (Å²) >= 11 is 12.3. The Morgan fingerprint density at radius 1 is 0.816 bits per heavy atom. The molecule has 0 saturated heterocycles. The number of hydrogen-bond donors (Lipinski definition) is 5. The molecule has 0 aliphatic carbocycles. The van der Waals surface area contributed by atoms with Crippen molar-refractivity contribution in [2.45, 2.75) is 12.6 Å².